The number of nitrogens with one attached hydrogen (secondary N) is 1. The van der Waals surface area contributed by atoms with Crippen molar-refractivity contribution in [1.82, 2.24) is 5.32 Å². The van der Waals surface area contributed by atoms with E-state index >= 15 is 0 Å². The molecule has 0 bridgehead atoms. The van der Waals surface area contributed by atoms with Crippen molar-refractivity contribution in [2.45, 2.75) is 31.2 Å². The maximum atomic E-state index is 12.7. The van der Waals surface area contributed by atoms with Crippen molar-refractivity contribution in [2.24, 2.45) is 0 Å². The van der Waals surface area contributed by atoms with E-state index in [2.05, 4.69) is 0 Å². The van der Waals surface area contributed by atoms with Crippen molar-refractivity contribution in [3.63, 3.8) is 0 Å². The van der Waals surface area contributed by atoms with Crippen LogP contribution in [-0.4, -0.2) is 34.1 Å². The first-order valence-corrected chi connectivity index (χ1v) is 6.72. The number of benzene rings is 1. The van der Waals surface area contributed by atoms with Gasteiger partial charge in [-0.3, -0.25) is 9.59 Å². The molecule has 0 aliphatic rings. The number of halogens is 6. The number of hydrogen-bond acceptors (Lipinski definition) is 3. The van der Waals surface area contributed by atoms with Crippen LogP contribution in [0.3, 0.4) is 0 Å². The molecule has 0 unspecified atom stereocenters. The number of carboxylic acids is 2. The number of aliphatic carboxylic acids is 2. The van der Waals surface area contributed by atoms with E-state index in [1.165, 1.54) is 0 Å². The van der Waals surface area contributed by atoms with E-state index in [1.807, 2.05) is 0 Å². The van der Waals surface area contributed by atoms with Crippen LogP contribution in [0.25, 0.3) is 0 Å². The molecule has 144 valence electrons. The highest BCUT2D eigenvalue weighted by molar-refractivity contribution is 5.87. The summed E-state index contributed by atoms with van der Waals surface area (Å²) in [7, 11) is 0. The summed E-state index contributed by atoms with van der Waals surface area (Å²) in [6.45, 7) is 0. The standard InChI is InChI=1S/C14H11F6NO5/c15-13(16,17)7-1-6(2-8(4-7)14(18,19)20)3-10(22)21-9(12(25)26)5-11(23)24/h1-2,4,9H,3,5H2,(H,21,22)(H,23,24)(H,25,26)/t9-/m1/s1. The predicted molar refractivity (Wildman–Crippen MR) is 72.0 cm³/mol. The fourth-order valence-electron chi connectivity index (χ4n) is 1.93. The van der Waals surface area contributed by atoms with E-state index < -0.39 is 65.8 Å². The first-order chi connectivity index (χ1) is 11.7. The van der Waals surface area contributed by atoms with E-state index in [0.717, 1.165) is 0 Å². The lowest BCUT2D eigenvalue weighted by Crippen LogP contribution is -2.42. The predicted octanol–water partition coefficient (Wildman–Crippen LogP) is 2.31. The summed E-state index contributed by atoms with van der Waals surface area (Å²) in [6.07, 6.45) is -12.2. The van der Waals surface area contributed by atoms with Gasteiger partial charge >= 0.3 is 24.3 Å². The zero-order chi connectivity index (χ0) is 20.3. The van der Waals surface area contributed by atoms with Crippen LogP contribution in [0, 0.1) is 0 Å². The second-order valence-corrected chi connectivity index (χ2v) is 5.15. The minimum atomic E-state index is -5.10. The van der Waals surface area contributed by atoms with Gasteiger partial charge in [0.2, 0.25) is 5.91 Å². The fourth-order valence-corrected chi connectivity index (χ4v) is 1.93. The minimum Gasteiger partial charge on any atom is -0.481 e. The molecule has 6 nitrogen and oxygen atoms in total. The molecule has 1 atom stereocenters. The van der Waals surface area contributed by atoms with Crippen molar-refractivity contribution >= 4 is 17.8 Å². The molecule has 3 N–H and O–H groups in total. The molecule has 0 aromatic heterocycles. The van der Waals surface area contributed by atoms with Crippen LogP contribution >= 0.6 is 0 Å². The van der Waals surface area contributed by atoms with Gasteiger partial charge in [0.15, 0.2) is 0 Å². The highest BCUT2D eigenvalue weighted by atomic mass is 19.4. The molecule has 1 aromatic carbocycles. The van der Waals surface area contributed by atoms with Crippen LogP contribution in [0.4, 0.5) is 26.3 Å². The number of carboxylic acid groups (broad SMARTS) is 2. The molecular formula is C14H11F6NO5. The lowest BCUT2D eigenvalue weighted by Gasteiger charge is -2.15. The number of amides is 1. The molecule has 0 saturated heterocycles. The molecule has 0 aliphatic heterocycles. The zero-order valence-corrected chi connectivity index (χ0v) is 12.6. The Balaban J connectivity index is 3.09. The van der Waals surface area contributed by atoms with E-state index in [-0.39, 0.29) is 6.07 Å². The van der Waals surface area contributed by atoms with Gasteiger partial charge in [0.05, 0.1) is 24.0 Å². The summed E-state index contributed by atoms with van der Waals surface area (Å²) >= 11 is 0. The summed E-state index contributed by atoms with van der Waals surface area (Å²) in [5, 5.41) is 19.0. The summed E-state index contributed by atoms with van der Waals surface area (Å²) in [5.74, 6) is -4.54. The second kappa shape index (κ2) is 7.62. The lowest BCUT2D eigenvalue weighted by atomic mass is 10.0. The Hall–Kier alpha value is -2.79. The molecule has 0 heterocycles. The van der Waals surface area contributed by atoms with Gasteiger partial charge in [-0.05, 0) is 23.8 Å². The first kappa shape index (κ1) is 21.3. The normalized spacial score (nSPS) is 13.2. The summed E-state index contributed by atoms with van der Waals surface area (Å²) in [5.41, 5.74) is -3.92. The van der Waals surface area contributed by atoms with Crippen molar-refractivity contribution in [3.8, 4) is 0 Å². The van der Waals surface area contributed by atoms with E-state index in [9.17, 15) is 40.7 Å². The minimum absolute atomic E-state index is 0.119. The molecule has 1 amide bonds. The quantitative estimate of drug-likeness (QED) is 0.650. The molecule has 26 heavy (non-hydrogen) atoms. The van der Waals surface area contributed by atoms with Crippen LogP contribution in [0.2, 0.25) is 0 Å². The van der Waals surface area contributed by atoms with Crippen LogP contribution in [0.15, 0.2) is 18.2 Å². The Morgan fingerprint density at radius 3 is 1.73 bits per heavy atom. The third-order valence-corrected chi connectivity index (χ3v) is 3.02. The van der Waals surface area contributed by atoms with Crippen molar-refractivity contribution in [2.75, 3.05) is 0 Å². The Morgan fingerprint density at radius 2 is 1.38 bits per heavy atom. The monoisotopic (exact) mass is 387 g/mol. The van der Waals surface area contributed by atoms with Crippen molar-refractivity contribution in [3.05, 3.63) is 34.9 Å². The lowest BCUT2D eigenvalue weighted by molar-refractivity contribution is -0.147. The Labute approximate surface area is 141 Å². The molecule has 0 radical (unpaired) electrons. The molecule has 0 aliphatic carbocycles. The van der Waals surface area contributed by atoms with Crippen LogP contribution < -0.4 is 5.32 Å². The van der Waals surface area contributed by atoms with E-state index in [4.69, 9.17) is 10.2 Å². The van der Waals surface area contributed by atoms with Crippen LogP contribution in [-0.2, 0) is 33.2 Å². The molecule has 0 fully saturated rings. The SMILES string of the molecule is O=C(O)C[C@@H](NC(=O)Cc1cc(C(F)(F)F)cc(C(F)(F)F)c1)C(=O)O. The first-order valence-electron chi connectivity index (χ1n) is 6.72. The second-order valence-electron chi connectivity index (χ2n) is 5.15. The third-order valence-electron chi connectivity index (χ3n) is 3.02. The Bertz CT molecular complexity index is 681. The highest BCUT2D eigenvalue weighted by Gasteiger charge is 2.37. The fraction of sp³-hybridized carbons (Fsp3) is 0.357. The number of alkyl halides is 6. The van der Waals surface area contributed by atoms with Crippen LogP contribution in [0.1, 0.15) is 23.1 Å². The highest BCUT2D eigenvalue weighted by Crippen LogP contribution is 2.36. The van der Waals surface area contributed by atoms with Gasteiger partial charge in [-0.15, -0.1) is 0 Å². The molecule has 0 saturated carbocycles. The smallest absolute Gasteiger partial charge is 0.416 e. The average Bonchev–Trinajstić information content (AvgIpc) is 2.43. The van der Waals surface area contributed by atoms with Gasteiger partial charge in [0.25, 0.3) is 0 Å². The number of hydrogen-bond donors (Lipinski definition) is 3. The molecule has 12 heteroatoms. The molecule has 1 rings (SSSR count). The molecule has 0 spiro atoms. The molecular weight excluding hydrogens is 376 g/mol. The Kier molecular flexibility index (Phi) is 6.23. The summed E-state index contributed by atoms with van der Waals surface area (Å²) in [4.78, 5) is 33.0. The van der Waals surface area contributed by atoms with Gasteiger partial charge in [-0.2, -0.15) is 26.3 Å². The van der Waals surface area contributed by atoms with Crippen molar-refractivity contribution in [1.29, 1.82) is 0 Å². The largest absolute Gasteiger partial charge is 0.481 e. The van der Waals surface area contributed by atoms with E-state index in [1.54, 1.807) is 5.32 Å². The summed E-state index contributed by atoms with van der Waals surface area (Å²) < 4.78 is 76.3. The van der Waals surface area contributed by atoms with Gasteiger partial charge in [-0.1, -0.05) is 0 Å². The van der Waals surface area contributed by atoms with Gasteiger partial charge in [-0.25, -0.2) is 4.79 Å². The maximum Gasteiger partial charge on any atom is 0.416 e. The number of carbonyl (C=O) groups excluding carboxylic acids is 1. The maximum absolute atomic E-state index is 12.7. The number of carbonyl (C=O) groups is 3. The average molecular weight is 387 g/mol. The van der Waals surface area contributed by atoms with E-state index in [0.29, 0.717) is 12.1 Å². The number of rotatable bonds is 6. The van der Waals surface area contributed by atoms with Gasteiger partial charge in [0, 0.05) is 0 Å². The Morgan fingerprint density at radius 1 is 0.923 bits per heavy atom. The summed E-state index contributed by atoms with van der Waals surface area (Å²) in [6, 6.07) is -1.36. The zero-order valence-electron chi connectivity index (χ0n) is 12.6. The van der Waals surface area contributed by atoms with Crippen LogP contribution in [0.5, 0.6) is 0 Å². The van der Waals surface area contributed by atoms with Gasteiger partial charge < -0.3 is 15.5 Å². The molecule has 1 aromatic rings. The van der Waals surface area contributed by atoms with Crippen molar-refractivity contribution < 1.29 is 50.9 Å². The van der Waals surface area contributed by atoms with Gasteiger partial charge in [0.1, 0.15) is 6.04 Å². The topological polar surface area (TPSA) is 104 Å². The third kappa shape index (κ3) is 6.26.